The molecular weight excluding hydrogens is 301 g/mol. The summed E-state index contributed by atoms with van der Waals surface area (Å²) in [5, 5.41) is 2.60. The number of carbonyl (C=O) groups excluding carboxylic acids is 1. The molecule has 0 radical (unpaired) electrons. The molecule has 0 aliphatic carbocycles. The molecule has 6 heteroatoms. The van der Waals surface area contributed by atoms with Gasteiger partial charge in [0.2, 0.25) is 5.95 Å². The molecule has 0 atom stereocenters. The molecule has 2 aromatic rings. The van der Waals surface area contributed by atoms with E-state index in [1.165, 1.54) is 18.3 Å². The second kappa shape index (κ2) is 5.14. The quantitative estimate of drug-likeness (QED) is 0.662. The minimum Gasteiger partial charge on any atom is -0.399 e. The fraction of sp³-hybridized carbons (Fsp3) is 0. The van der Waals surface area contributed by atoms with Gasteiger partial charge in [-0.25, -0.2) is 4.98 Å². The molecule has 0 saturated heterocycles. The zero-order valence-electron chi connectivity index (χ0n) is 9.15. The van der Waals surface area contributed by atoms with Gasteiger partial charge in [0.05, 0.1) is 11.9 Å². The van der Waals surface area contributed by atoms with Crippen LogP contribution in [0.4, 0.5) is 15.8 Å². The molecule has 4 nitrogen and oxygen atoms in total. The Kier molecular flexibility index (Phi) is 3.57. The minimum atomic E-state index is -0.598. The number of nitrogens with two attached hydrogens (primary N) is 1. The van der Waals surface area contributed by atoms with Gasteiger partial charge in [-0.05, 0) is 30.3 Å². The van der Waals surface area contributed by atoms with Crippen molar-refractivity contribution >= 4 is 33.2 Å². The zero-order chi connectivity index (χ0) is 13.1. The van der Waals surface area contributed by atoms with E-state index in [0.717, 1.165) is 0 Å². The summed E-state index contributed by atoms with van der Waals surface area (Å²) in [6, 6.07) is 7.49. The van der Waals surface area contributed by atoms with E-state index in [2.05, 4.69) is 26.2 Å². The van der Waals surface area contributed by atoms with Crippen molar-refractivity contribution in [2.75, 3.05) is 11.1 Å². The molecule has 0 aliphatic rings. The Hall–Kier alpha value is -1.95. The number of nitrogens with zero attached hydrogens (tertiary/aromatic N) is 1. The maximum Gasteiger partial charge on any atom is 0.255 e. The van der Waals surface area contributed by atoms with Gasteiger partial charge in [-0.15, -0.1) is 0 Å². The fourth-order valence-corrected chi connectivity index (χ4v) is 1.91. The molecule has 0 fully saturated rings. The summed E-state index contributed by atoms with van der Waals surface area (Å²) in [6.45, 7) is 0. The fourth-order valence-electron chi connectivity index (χ4n) is 1.40. The normalized spacial score (nSPS) is 10.1. The van der Waals surface area contributed by atoms with Crippen molar-refractivity contribution < 1.29 is 9.18 Å². The smallest absolute Gasteiger partial charge is 0.255 e. The summed E-state index contributed by atoms with van der Waals surface area (Å²) in [5.74, 6) is -0.934. The third kappa shape index (κ3) is 3.04. The molecule has 0 unspecified atom stereocenters. The number of nitrogen functional groups attached to an aromatic ring is 1. The van der Waals surface area contributed by atoms with Crippen LogP contribution in [-0.4, -0.2) is 10.9 Å². The van der Waals surface area contributed by atoms with Crippen molar-refractivity contribution in [1.82, 2.24) is 4.98 Å². The number of halogens is 2. The third-order valence-electron chi connectivity index (χ3n) is 2.17. The molecule has 1 heterocycles. The van der Waals surface area contributed by atoms with Crippen molar-refractivity contribution in [1.29, 1.82) is 0 Å². The van der Waals surface area contributed by atoms with Gasteiger partial charge >= 0.3 is 0 Å². The van der Waals surface area contributed by atoms with Gasteiger partial charge in [-0.2, -0.15) is 4.39 Å². The van der Waals surface area contributed by atoms with E-state index in [1.807, 2.05) is 0 Å². The van der Waals surface area contributed by atoms with Gasteiger partial charge in [-0.1, -0.05) is 15.9 Å². The minimum absolute atomic E-state index is 0.337. The van der Waals surface area contributed by atoms with E-state index in [1.54, 1.807) is 18.2 Å². The molecule has 18 heavy (non-hydrogen) atoms. The molecule has 1 aromatic carbocycles. The number of hydrogen-bond acceptors (Lipinski definition) is 3. The number of rotatable bonds is 2. The van der Waals surface area contributed by atoms with E-state index in [9.17, 15) is 9.18 Å². The number of amides is 1. The first-order chi connectivity index (χ1) is 8.54. The molecule has 0 saturated carbocycles. The predicted octanol–water partition coefficient (Wildman–Crippen LogP) is 2.82. The van der Waals surface area contributed by atoms with E-state index < -0.39 is 5.95 Å². The van der Waals surface area contributed by atoms with E-state index in [-0.39, 0.29) is 5.91 Å². The molecule has 0 spiro atoms. The number of carbonyl (C=O) groups is 1. The summed E-state index contributed by atoms with van der Waals surface area (Å²) >= 11 is 3.25. The Labute approximate surface area is 111 Å². The van der Waals surface area contributed by atoms with Crippen molar-refractivity contribution in [3.05, 3.63) is 52.5 Å². The van der Waals surface area contributed by atoms with Crippen LogP contribution in [0.5, 0.6) is 0 Å². The third-order valence-corrected chi connectivity index (χ3v) is 2.63. The Morgan fingerprint density at radius 2 is 2.11 bits per heavy atom. The lowest BCUT2D eigenvalue weighted by Gasteiger charge is -2.06. The number of nitrogens with one attached hydrogen (secondary N) is 1. The van der Waals surface area contributed by atoms with Gasteiger partial charge < -0.3 is 11.1 Å². The maximum atomic E-state index is 12.6. The summed E-state index contributed by atoms with van der Waals surface area (Å²) < 4.78 is 13.3. The first kappa shape index (κ1) is 12.5. The van der Waals surface area contributed by atoms with E-state index in [0.29, 0.717) is 21.4 Å². The lowest BCUT2D eigenvalue weighted by molar-refractivity contribution is 0.102. The number of anilines is 2. The largest absolute Gasteiger partial charge is 0.399 e. The van der Waals surface area contributed by atoms with Crippen molar-refractivity contribution in [3.8, 4) is 0 Å². The van der Waals surface area contributed by atoms with Crippen molar-refractivity contribution in [2.45, 2.75) is 0 Å². The van der Waals surface area contributed by atoms with Crippen LogP contribution < -0.4 is 11.1 Å². The Bertz CT molecular complexity index is 566. The standard InChI is InChI=1S/C12H9BrFN3O/c13-8-3-7(4-9(15)5-8)12(18)17-10-1-2-11(14)16-6-10/h1-6H,15H2,(H,17,18). The van der Waals surface area contributed by atoms with Gasteiger partial charge in [0.25, 0.3) is 5.91 Å². The first-order valence-corrected chi connectivity index (χ1v) is 5.83. The molecule has 0 aliphatic heterocycles. The maximum absolute atomic E-state index is 12.6. The van der Waals surface area contributed by atoms with Crippen LogP contribution in [-0.2, 0) is 0 Å². The molecule has 3 N–H and O–H groups in total. The summed E-state index contributed by atoms with van der Waals surface area (Å²) in [5.41, 5.74) is 6.94. The van der Waals surface area contributed by atoms with Gasteiger partial charge in [0, 0.05) is 15.7 Å². The molecular formula is C12H9BrFN3O. The number of aromatic nitrogens is 1. The topological polar surface area (TPSA) is 68.0 Å². The molecule has 1 amide bonds. The lowest BCUT2D eigenvalue weighted by atomic mass is 10.2. The summed E-state index contributed by atoms with van der Waals surface area (Å²) in [4.78, 5) is 15.3. The van der Waals surface area contributed by atoms with Crippen LogP contribution in [0.1, 0.15) is 10.4 Å². The Balaban J connectivity index is 2.19. The molecule has 0 bridgehead atoms. The van der Waals surface area contributed by atoms with Gasteiger partial charge in [0.1, 0.15) is 0 Å². The Morgan fingerprint density at radius 3 is 2.72 bits per heavy atom. The predicted molar refractivity (Wildman–Crippen MR) is 70.7 cm³/mol. The first-order valence-electron chi connectivity index (χ1n) is 5.03. The lowest BCUT2D eigenvalue weighted by Crippen LogP contribution is -2.12. The molecule has 1 aromatic heterocycles. The van der Waals surface area contributed by atoms with Gasteiger partial charge in [0.15, 0.2) is 0 Å². The average molecular weight is 310 g/mol. The molecule has 2 rings (SSSR count). The van der Waals surface area contributed by atoms with E-state index in [4.69, 9.17) is 5.73 Å². The summed E-state index contributed by atoms with van der Waals surface area (Å²) in [6.07, 6.45) is 1.24. The second-order valence-electron chi connectivity index (χ2n) is 3.60. The van der Waals surface area contributed by atoms with Crippen molar-refractivity contribution in [2.24, 2.45) is 0 Å². The number of hydrogen-bond donors (Lipinski definition) is 2. The highest BCUT2D eigenvalue weighted by Gasteiger charge is 2.08. The van der Waals surface area contributed by atoms with Crippen molar-refractivity contribution in [3.63, 3.8) is 0 Å². The van der Waals surface area contributed by atoms with Crippen LogP contribution in [0.2, 0.25) is 0 Å². The number of pyridine rings is 1. The van der Waals surface area contributed by atoms with Crippen LogP contribution in [0.15, 0.2) is 41.0 Å². The van der Waals surface area contributed by atoms with Crippen LogP contribution in [0, 0.1) is 5.95 Å². The average Bonchev–Trinajstić information content (AvgIpc) is 2.31. The monoisotopic (exact) mass is 309 g/mol. The van der Waals surface area contributed by atoms with E-state index >= 15 is 0 Å². The van der Waals surface area contributed by atoms with Crippen LogP contribution in [0.3, 0.4) is 0 Å². The highest BCUT2D eigenvalue weighted by molar-refractivity contribution is 9.10. The van der Waals surface area contributed by atoms with Gasteiger partial charge in [-0.3, -0.25) is 4.79 Å². The highest BCUT2D eigenvalue weighted by atomic mass is 79.9. The zero-order valence-corrected chi connectivity index (χ0v) is 10.7. The Morgan fingerprint density at radius 1 is 1.33 bits per heavy atom. The van der Waals surface area contributed by atoms with Crippen LogP contribution >= 0.6 is 15.9 Å². The van der Waals surface area contributed by atoms with Crippen LogP contribution in [0.25, 0.3) is 0 Å². The molecule has 92 valence electrons. The summed E-state index contributed by atoms with van der Waals surface area (Å²) in [7, 11) is 0. The second-order valence-corrected chi connectivity index (χ2v) is 4.51. The number of benzene rings is 1. The SMILES string of the molecule is Nc1cc(Br)cc(C(=O)Nc2ccc(F)nc2)c1. The highest BCUT2D eigenvalue weighted by Crippen LogP contribution is 2.18.